The van der Waals surface area contributed by atoms with Gasteiger partial charge in [-0.05, 0) is 45.0 Å². The van der Waals surface area contributed by atoms with Crippen molar-refractivity contribution < 1.29 is 13.2 Å². The number of pyridine rings is 1. The maximum atomic E-state index is 12.7. The topological polar surface area (TPSA) is 74.8 Å². The highest BCUT2D eigenvalue weighted by molar-refractivity contribution is 7.89. The summed E-state index contributed by atoms with van der Waals surface area (Å²) in [7, 11) is 0.796. The van der Waals surface area contributed by atoms with Crippen LogP contribution in [0.3, 0.4) is 0 Å². The average Bonchev–Trinajstić information content (AvgIpc) is 2.67. The standard InChI is InChI=1S/C19H32N4O3S/c1-16-5-4-8-19(13-16,22(2)3)15-21-18-7-6-17(14-20-18)27(24,25)23-9-11-26-12-10-23/h6-7,14,16H,4-5,8-13,15H2,1-3H3,(H,20,21). The molecule has 1 aromatic rings. The average molecular weight is 397 g/mol. The van der Waals surface area contributed by atoms with E-state index in [-0.39, 0.29) is 10.4 Å². The molecule has 1 aromatic heterocycles. The molecule has 152 valence electrons. The van der Waals surface area contributed by atoms with Crippen LogP contribution in [0.1, 0.15) is 32.6 Å². The Morgan fingerprint density at radius 2 is 2.07 bits per heavy atom. The summed E-state index contributed by atoms with van der Waals surface area (Å²) in [5.74, 6) is 1.44. The lowest BCUT2D eigenvalue weighted by molar-refractivity contribution is 0.0730. The number of sulfonamides is 1. The molecule has 1 N–H and O–H groups in total. The third-order valence-corrected chi connectivity index (χ3v) is 7.84. The summed E-state index contributed by atoms with van der Waals surface area (Å²) in [5.41, 5.74) is 0.123. The van der Waals surface area contributed by atoms with Crippen LogP contribution in [0.4, 0.5) is 5.82 Å². The Labute approximate surface area is 163 Å². The molecule has 8 heteroatoms. The Kier molecular flexibility index (Phi) is 6.40. The van der Waals surface area contributed by atoms with E-state index in [1.54, 1.807) is 12.1 Å². The second-order valence-electron chi connectivity index (χ2n) is 8.07. The maximum absolute atomic E-state index is 12.7. The summed E-state index contributed by atoms with van der Waals surface area (Å²) in [6, 6.07) is 3.41. The van der Waals surface area contributed by atoms with Crippen LogP contribution in [-0.2, 0) is 14.8 Å². The number of ether oxygens (including phenoxy) is 1. The number of aromatic nitrogens is 1. The number of rotatable bonds is 6. The molecule has 1 saturated carbocycles. The molecule has 2 atom stereocenters. The van der Waals surface area contributed by atoms with Gasteiger partial charge in [-0.25, -0.2) is 13.4 Å². The molecule has 7 nitrogen and oxygen atoms in total. The van der Waals surface area contributed by atoms with Crippen molar-refractivity contribution in [3.63, 3.8) is 0 Å². The van der Waals surface area contributed by atoms with Crippen LogP contribution >= 0.6 is 0 Å². The van der Waals surface area contributed by atoms with E-state index in [1.165, 1.54) is 29.8 Å². The van der Waals surface area contributed by atoms with E-state index in [2.05, 4.69) is 36.2 Å². The van der Waals surface area contributed by atoms with Crippen molar-refractivity contribution in [2.24, 2.45) is 5.92 Å². The van der Waals surface area contributed by atoms with E-state index >= 15 is 0 Å². The van der Waals surface area contributed by atoms with Gasteiger partial charge in [0.25, 0.3) is 0 Å². The number of nitrogens with zero attached hydrogens (tertiary/aromatic N) is 3. The predicted molar refractivity (Wildman–Crippen MR) is 106 cm³/mol. The zero-order valence-electron chi connectivity index (χ0n) is 16.6. The van der Waals surface area contributed by atoms with E-state index in [0.29, 0.717) is 26.3 Å². The van der Waals surface area contributed by atoms with Crippen molar-refractivity contribution in [2.45, 2.75) is 43.0 Å². The summed E-state index contributed by atoms with van der Waals surface area (Å²) >= 11 is 0. The van der Waals surface area contributed by atoms with Crippen LogP contribution in [0.5, 0.6) is 0 Å². The van der Waals surface area contributed by atoms with Gasteiger partial charge in [0.1, 0.15) is 10.7 Å². The molecule has 0 spiro atoms. The molecule has 2 aliphatic rings. The summed E-state index contributed by atoms with van der Waals surface area (Å²) in [6.07, 6.45) is 6.32. The minimum Gasteiger partial charge on any atom is -0.379 e. The molecular formula is C19H32N4O3S. The van der Waals surface area contributed by atoms with Crippen molar-refractivity contribution in [1.82, 2.24) is 14.2 Å². The van der Waals surface area contributed by atoms with Crippen molar-refractivity contribution in [1.29, 1.82) is 0 Å². The number of morpholine rings is 1. The summed E-state index contributed by atoms with van der Waals surface area (Å²) < 4.78 is 32.1. The molecule has 3 rings (SSSR count). The number of hydrogen-bond donors (Lipinski definition) is 1. The molecule has 1 aliphatic carbocycles. The fraction of sp³-hybridized carbons (Fsp3) is 0.737. The summed E-state index contributed by atoms with van der Waals surface area (Å²) in [6.45, 7) is 4.81. The Hall–Kier alpha value is -1.22. The highest BCUT2D eigenvalue weighted by Gasteiger charge is 2.36. The van der Waals surface area contributed by atoms with Crippen molar-refractivity contribution in [3.05, 3.63) is 18.3 Å². The smallest absolute Gasteiger partial charge is 0.244 e. The third kappa shape index (κ3) is 4.62. The first-order valence-corrected chi connectivity index (χ1v) is 11.2. The van der Waals surface area contributed by atoms with E-state index in [9.17, 15) is 8.42 Å². The first kappa shape index (κ1) is 20.5. The van der Waals surface area contributed by atoms with Gasteiger partial charge in [-0.15, -0.1) is 0 Å². The molecule has 1 aliphatic heterocycles. The van der Waals surface area contributed by atoms with Crippen LogP contribution in [0.25, 0.3) is 0 Å². The highest BCUT2D eigenvalue weighted by Crippen LogP contribution is 2.35. The SMILES string of the molecule is CC1CCCC(CNc2ccc(S(=O)(=O)N3CCOCC3)cn2)(N(C)C)C1. The molecule has 2 unspecified atom stereocenters. The highest BCUT2D eigenvalue weighted by atomic mass is 32.2. The van der Waals surface area contributed by atoms with Crippen LogP contribution in [0.2, 0.25) is 0 Å². The fourth-order valence-corrected chi connectivity index (χ4v) is 5.54. The van der Waals surface area contributed by atoms with E-state index in [4.69, 9.17) is 4.74 Å². The van der Waals surface area contributed by atoms with E-state index in [0.717, 1.165) is 24.7 Å². The van der Waals surface area contributed by atoms with Gasteiger partial charge < -0.3 is 15.0 Å². The van der Waals surface area contributed by atoms with Gasteiger partial charge >= 0.3 is 0 Å². The Morgan fingerprint density at radius 3 is 2.67 bits per heavy atom. The Morgan fingerprint density at radius 1 is 1.33 bits per heavy atom. The van der Waals surface area contributed by atoms with Crippen molar-refractivity contribution >= 4 is 15.8 Å². The van der Waals surface area contributed by atoms with Crippen LogP contribution < -0.4 is 5.32 Å². The van der Waals surface area contributed by atoms with Gasteiger partial charge in [0.05, 0.1) is 13.2 Å². The van der Waals surface area contributed by atoms with Crippen molar-refractivity contribution in [2.75, 3.05) is 52.3 Å². The van der Waals surface area contributed by atoms with Gasteiger partial charge in [0, 0.05) is 31.4 Å². The number of hydrogen-bond acceptors (Lipinski definition) is 6. The zero-order chi connectivity index (χ0) is 19.5. The molecule has 2 heterocycles. The quantitative estimate of drug-likeness (QED) is 0.793. The van der Waals surface area contributed by atoms with E-state index < -0.39 is 10.0 Å². The lowest BCUT2D eigenvalue weighted by Crippen LogP contribution is -2.52. The zero-order valence-corrected chi connectivity index (χ0v) is 17.5. The molecule has 0 aromatic carbocycles. The van der Waals surface area contributed by atoms with Gasteiger partial charge in [-0.1, -0.05) is 19.8 Å². The molecule has 27 heavy (non-hydrogen) atoms. The van der Waals surface area contributed by atoms with Gasteiger partial charge in [0.15, 0.2) is 0 Å². The largest absolute Gasteiger partial charge is 0.379 e. The van der Waals surface area contributed by atoms with Gasteiger partial charge in [0.2, 0.25) is 10.0 Å². The lowest BCUT2D eigenvalue weighted by Gasteiger charge is -2.45. The third-order valence-electron chi connectivity index (χ3n) is 5.96. The molecular weight excluding hydrogens is 364 g/mol. The molecule has 1 saturated heterocycles. The van der Waals surface area contributed by atoms with Crippen LogP contribution in [0, 0.1) is 5.92 Å². The first-order chi connectivity index (χ1) is 12.8. The molecule has 0 bridgehead atoms. The van der Waals surface area contributed by atoms with Crippen molar-refractivity contribution in [3.8, 4) is 0 Å². The number of nitrogens with one attached hydrogen (secondary N) is 1. The Balaban J connectivity index is 1.66. The maximum Gasteiger partial charge on any atom is 0.244 e. The summed E-state index contributed by atoms with van der Waals surface area (Å²) in [4.78, 5) is 6.93. The molecule has 0 amide bonds. The minimum absolute atomic E-state index is 0.123. The minimum atomic E-state index is -3.49. The summed E-state index contributed by atoms with van der Waals surface area (Å²) in [5, 5.41) is 3.43. The van der Waals surface area contributed by atoms with Gasteiger partial charge in [-0.3, -0.25) is 0 Å². The second kappa shape index (κ2) is 8.43. The first-order valence-electron chi connectivity index (χ1n) is 9.79. The lowest BCUT2D eigenvalue weighted by atomic mass is 9.75. The van der Waals surface area contributed by atoms with Gasteiger partial charge in [-0.2, -0.15) is 4.31 Å². The molecule has 0 radical (unpaired) electrons. The van der Waals surface area contributed by atoms with Crippen LogP contribution in [-0.4, -0.2) is 75.1 Å². The normalized spacial score (nSPS) is 27.6. The number of likely N-dealkylation sites (N-methyl/N-ethyl adjacent to an activating group) is 1. The molecule has 2 fully saturated rings. The monoisotopic (exact) mass is 396 g/mol. The Bertz CT molecular complexity index is 717. The second-order valence-corrected chi connectivity index (χ2v) is 10.0. The van der Waals surface area contributed by atoms with Crippen LogP contribution in [0.15, 0.2) is 23.2 Å². The van der Waals surface area contributed by atoms with E-state index in [1.807, 2.05) is 0 Å². The predicted octanol–water partition coefficient (Wildman–Crippen LogP) is 2.02. The fourth-order valence-electron chi connectivity index (χ4n) is 4.19. The number of anilines is 1.